The molecule has 0 amide bonds. The van der Waals surface area contributed by atoms with Crippen molar-refractivity contribution in [3.63, 3.8) is 0 Å². The van der Waals surface area contributed by atoms with Crippen LogP contribution >= 0.6 is 0 Å². The predicted molar refractivity (Wildman–Crippen MR) is 184 cm³/mol. The van der Waals surface area contributed by atoms with Crippen molar-refractivity contribution in [2.45, 2.75) is 5.41 Å². The molecule has 10 rings (SSSR count). The van der Waals surface area contributed by atoms with Gasteiger partial charge in [-0.1, -0.05) is 78.9 Å². The Kier molecular flexibility index (Phi) is 6.25. The Morgan fingerprint density at radius 1 is 0.553 bits per heavy atom. The number of aromatic nitrogens is 4. The van der Waals surface area contributed by atoms with E-state index in [0.717, 1.165) is 60.9 Å². The molecule has 0 radical (unpaired) electrons. The second-order valence-electron chi connectivity index (χ2n) is 11.8. The summed E-state index contributed by atoms with van der Waals surface area (Å²) in [6, 6.07) is 54.7. The fourth-order valence-electron chi connectivity index (χ4n) is 7.63. The van der Waals surface area contributed by atoms with Crippen molar-refractivity contribution in [2.75, 3.05) is 0 Å². The minimum Gasteiger partial charge on any atom is -0.335 e. The zero-order chi connectivity index (χ0) is 30.2. The van der Waals surface area contributed by atoms with E-state index >= 15 is 0 Å². The fourth-order valence-corrected chi connectivity index (χ4v) is 7.63. The van der Waals surface area contributed by atoms with E-state index in [1.54, 1.807) is 0 Å². The number of para-hydroxylation sites is 2. The van der Waals surface area contributed by atoms with Crippen molar-refractivity contribution in [2.24, 2.45) is 0 Å². The summed E-state index contributed by atoms with van der Waals surface area (Å²) in [7, 11) is 0. The first kappa shape index (κ1) is 27.8. The smallest absolute Gasteiger partial charge is 0.335 e. The van der Waals surface area contributed by atoms with Gasteiger partial charge in [0.05, 0.1) is 11.0 Å². The molecule has 0 bridgehead atoms. The Labute approximate surface area is 285 Å². The molecule has 4 heterocycles. The third-order valence-corrected chi connectivity index (χ3v) is 9.51. The van der Waals surface area contributed by atoms with Crippen LogP contribution in [-0.4, -0.2) is 19.4 Å². The van der Waals surface area contributed by atoms with Crippen LogP contribution in [0.25, 0.3) is 60.9 Å². The van der Waals surface area contributed by atoms with Crippen LogP contribution in [0.2, 0.25) is 0 Å². The molecule has 0 atom stereocenters. The molecule has 4 aromatic heterocycles. The fraction of sp³-hybridized carbons (Fsp3) is 0.0238. The van der Waals surface area contributed by atoms with Crippen molar-refractivity contribution in [3.05, 3.63) is 180 Å². The van der Waals surface area contributed by atoms with E-state index in [4.69, 9.17) is 9.97 Å². The van der Waals surface area contributed by atoms with Crippen LogP contribution in [0.1, 0.15) is 22.3 Å². The van der Waals surface area contributed by atoms with E-state index in [1.807, 2.05) is 42.7 Å². The first-order valence-electron chi connectivity index (χ1n) is 15.5. The van der Waals surface area contributed by atoms with Crippen LogP contribution in [0.15, 0.2) is 146 Å². The molecule has 1 aliphatic rings. The van der Waals surface area contributed by atoms with Gasteiger partial charge >= 0.3 is 21.1 Å². The summed E-state index contributed by atoms with van der Waals surface area (Å²) in [5.74, 6) is 0. The molecule has 4 nitrogen and oxygen atoms in total. The molecule has 0 saturated heterocycles. The minimum atomic E-state index is -0.667. The summed E-state index contributed by atoms with van der Waals surface area (Å²) in [6.45, 7) is 0. The van der Waals surface area contributed by atoms with Crippen LogP contribution in [-0.2, 0) is 26.5 Å². The average molecular weight is 780 g/mol. The SMILES string of the molecule is [Pt+2].[c-]1c(-c2ccccn2)cccc1C1(c2[c-]c3c4ncccc4c4nc5ccccc5n4c3cc2)c2ccccc2-c2ccccc21. The molecule has 1 aliphatic carbocycles. The van der Waals surface area contributed by atoms with Gasteiger partial charge in [0.15, 0.2) is 0 Å². The van der Waals surface area contributed by atoms with Gasteiger partial charge in [0.25, 0.3) is 0 Å². The first-order valence-corrected chi connectivity index (χ1v) is 15.5. The number of fused-ring (bicyclic) bond motifs is 11. The van der Waals surface area contributed by atoms with Crippen molar-refractivity contribution < 1.29 is 21.1 Å². The van der Waals surface area contributed by atoms with Crippen molar-refractivity contribution in [3.8, 4) is 22.4 Å². The third-order valence-electron chi connectivity index (χ3n) is 9.51. The quantitative estimate of drug-likeness (QED) is 0.133. The molecule has 5 aromatic carbocycles. The Bertz CT molecular complexity index is 2610. The van der Waals surface area contributed by atoms with Gasteiger partial charge in [-0.2, -0.15) is 0 Å². The first-order chi connectivity index (χ1) is 22.8. The summed E-state index contributed by atoms with van der Waals surface area (Å²) < 4.78 is 2.26. The molecule has 0 fully saturated rings. The van der Waals surface area contributed by atoms with E-state index in [0.29, 0.717) is 0 Å². The predicted octanol–water partition coefficient (Wildman–Crippen LogP) is 9.21. The van der Waals surface area contributed by atoms with E-state index < -0.39 is 5.41 Å². The third kappa shape index (κ3) is 3.82. The van der Waals surface area contributed by atoms with Gasteiger partial charge in [0.2, 0.25) is 0 Å². The molecule has 0 spiro atoms. The Hall–Kier alpha value is -5.44. The largest absolute Gasteiger partial charge is 2.00 e. The van der Waals surface area contributed by atoms with E-state index in [2.05, 4.69) is 125 Å². The normalized spacial score (nSPS) is 13.1. The van der Waals surface area contributed by atoms with E-state index in [-0.39, 0.29) is 21.1 Å². The molecule has 0 saturated carbocycles. The summed E-state index contributed by atoms with van der Waals surface area (Å²) in [5.41, 5.74) is 13.0. The zero-order valence-electron chi connectivity index (χ0n) is 25.0. The summed E-state index contributed by atoms with van der Waals surface area (Å²) in [5, 5.41) is 1.97. The minimum absolute atomic E-state index is 0. The van der Waals surface area contributed by atoms with Gasteiger partial charge in [0, 0.05) is 28.7 Å². The second-order valence-corrected chi connectivity index (χ2v) is 11.8. The Morgan fingerprint density at radius 2 is 1.28 bits per heavy atom. The van der Waals surface area contributed by atoms with Gasteiger partial charge in [-0.15, -0.1) is 64.5 Å². The van der Waals surface area contributed by atoms with Crippen LogP contribution in [0, 0.1) is 12.1 Å². The second kappa shape index (κ2) is 10.6. The number of nitrogens with zero attached hydrogens (tertiary/aromatic N) is 4. The molecule has 0 unspecified atom stereocenters. The van der Waals surface area contributed by atoms with E-state index in [1.165, 1.54) is 22.3 Å². The number of hydrogen-bond acceptors (Lipinski definition) is 3. The van der Waals surface area contributed by atoms with Crippen LogP contribution in [0.3, 0.4) is 0 Å². The number of hydrogen-bond donors (Lipinski definition) is 0. The molecular weight excluding hydrogens is 756 g/mol. The zero-order valence-corrected chi connectivity index (χ0v) is 27.2. The van der Waals surface area contributed by atoms with Gasteiger partial charge in [0.1, 0.15) is 5.65 Å². The van der Waals surface area contributed by atoms with Gasteiger partial charge < -0.3 is 14.4 Å². The maximum absolute atomic E-state index is 5.05. The topological polar surface area (TPSA) is 43.1 Å². The molecule has 9 aromatic rings. The summed E-state index contributed by atoms with van der Waals surface area (Å²) in [4.78, 5) is 14.7. The summed E-state index contributed by atoms with van der Waals surface area (Å²) >= 11 is 0. The standard InChI is InChI=1S/C42H24N4.Pt/c1-3-16-34-30(13-1)31-14-2-4-17-35(31)42(34,28-12-9-11-27(25-28)36-18-7-8-23-43-36)29-21-22-38-33(26-29)40-32(15-10-24-44-40)41-45-37-19-5-6-20-39(37)46(38)41;/h1-24H;/q-2;+2. The molecule has 0 aliphatic heterocycles. The molecule has 5 heteroatoms. The Morgan fingerprint density at radius 3 is 2.09 bits per heavy atom. The number of benzene rings is 5. The molecule has 0 N–H and O–H groups in total. The molecular formula is C42H24N4Pt. The van der Waals surface area contributed by atoms with Crippen molar-refractivity contribution in [1.82, 2.24) is 19.4 Å². The maximum Gasteiger partial charge on any atom is 2.00 e. The van der Waals surface area contributed by atoms with Crippen LogP contribution < -0.4 is 0 Å². The van der Waals surface area contributed by atoms with Gasteiger partial charge in [-0.3, -0.25) is 0 Å². The number of pyridine rings is 3. The summed E-state index contributed by atoms with van der Waals surface area (Å²) in [6.07, 6.45) is 3.70. The van der Waals surface area contributed by atoms with Crippen LogP contribution in [0.4, 0.5) is 0 Å². The van der Waals surface area contributed by atoms with Crippen molar-refractivity contribution >= 4 is 38.5 Å². The van der Waals surface area contributed by atoms with Gasteiger partial charge in [-0.05, 0) is 57.7 Å². The number of rotatable bonds is 3. The monoisotopic (exact) mass is 779 g/mol. The van der Waals surface area contributed by atoms with Crippen molar-refractivity contribution in [1.29, 1.82) is 0 Å². The average Bonchev–Trinajstić information content (AvgIpc) is 3.67. The molecule has 222 valence electrons. The van der Waals surface area contributed by atoms with Crippen LogP contribution in [0.5, 0.6) is 0 Å². The number of imidazole rings is 1. The van der Waals surface area contributed by atoms with E-state index in [9.17, 15) is 0 Å². The maximum atomic E-state index is 5.05. The Balaban J connectivity index is 0.00000302. The molecule has 47 heavy (non-hydrogen) atoms. The van der Waals surface area contributed by atoms with Gasteiger partial charge in [-0.25, -0.2) is 4.98 Å².